The maximum Gasteiger partial charge on any atom is 0.106 e. The van der Waals surface area contributed by atoms with Crippen LogP contribution in [-0.2, 0) is 4.74 Å². The topological polar surface area (TPSA) is 38.5 Å². The second kappa shape index (κ2) is 6.35. The Bertz CT molecular complexity index is 455. The van der Waals surface area contributed by atoms with E-state index < -0.39 is 0 Å². The summed E-state index contributed by atoms with van der Waals surface area (Å²) < 4.78 is 5.80. The van der Waals surface area contributed by atoms with Crippen LogP contribution in [0.25, 0.3) is 0 Å². The first-order valence-electron chi connectivity index (χ1n) is 6.81. The van der Waals surface area contributed by atoms with E-state index in [1.165, 1.54) is 18.4 Å². The molecule has 0 amide bonds. The zero-order valence-corrected chi connectivity index (χ0v) is 12.5. The van der Waals surface area contributed by atoms with E-state index in [0.717, 1.165) is 30.8 Å². The van der Waals surface area contributed by atoms with Gasteiger partial charge in [-0.3, -0.25) is 0 Å². The van der Waals surface area contributed by atoms with Crippen LogP contribution >= 0.6 is 12.2 Å². The van der Waals surface area contributed by atoms with Crippen LogP contribution in [-0.4, -0.2) is 31.3 Å². The number of nitrogens with two attached hydrogens (primary N) is 1. The van der Waals surface area contributed by atoms with Gasteiger partial charge in [0.15, 0.2) is 0 Å². The van der Waals surface area contributed by atoms with Crippen LogP contribution in [0.1, 0.15) is 30.4 Å². The van der Waals surface area contributed by atoms with E-state index in [4.69, 9.17) is 22.7 Å². The molecule has 19 heavy (non-hydrogen) atoms. The maximum atomic E-state index is 5.83. The molecule has 0 saturated carbocycles. The van der Waals surface area contributed by atoms with Crippen molar-refractivity contribution in [3.63, 3.8) is 0 Å². The fraction of sp³-hybridized carbons (Fsp3) is 0.533. The van der Waals surface area contributed by atoms with E-state index in [0.29, 0.717) is 11.1 Å². The van der Waals surface area contributed by atoms with E-state index in [9.17, 15) is 0 Å². The highest BCUT2D eigenvalue weighted by Gasteiger charge is 2.19. The van der Waals surface area contributed by atoms with Gasteiger partial charge in [0.25, 0.3) is 0 Å². The Balaban J connectivity index is 2.17. The van der Waals surface area contributed by atoms with Gasteiger partial charge in [-0.2, -0.15) is 0 Å². The van der Waals surface area contributed by atoms with Gasteiger partial charge in [-0.1, -0.05) is 24.4 Å². The average molecular weight is 278 g/mol. The third-order valence-corrected chi connectivity index (χ3v) is 3.86. The lowest BCUT2D eigenvalue weighted by molar-refractivity contribution is 0.0216. The molecule has 2 rings (SSSR count). The number of aryl methyl sites for hydroxylation is 1. The number of ether oxygens (including phenoxy) is 1. The van der Waals surface area contributed by atoms with Crippen LogP contribution in [0.3, 0.4) is 0 Å². The molecular formula is C15H22N2OS. The van der Waals surface area contributed by atoms with Crippen LogP contribution in [0.15, 0.2) is 18.2 Å². The molecule has 4 heteroatoms. The zero-order chi connectivity index (χ0) is 13.8. The van der Waals surface area contributed by atoms with Crippen molar-refractivity contribution >= 4 is 22.9 Å². The molecule has 3 nitrogen and oxygen atoms in total. The van der Waals surface area contributed by atoms with Crippen molar-refractivity contribution in [3.8, 4) is 0 Å². The van der Waals surface area contributed by atoms with Gasteiger partial charge in [-0.05, 0) is 37.8 Å². The minimum Gasteiger partial charge on any atom is -0.389 e. The predicted octanol–water partition coefficient (Wildman–Crippen LogP) is 2.63. The van der Waals surface area contributed by atoms with Gasteiger partial charge in [0, 0.05) is 31.5 Å². The number of anilines is 1. The largest absolute Gasteiger partial charge is 0.389 e. The summed E-state index contributed by atoms with van der Waals surface area (Å²) in [4.78, 5) is 2.68. The van der Waals surface area contributed by atoms with Gasteiger partial charge in [0.05, 0.1) is 6.10 Å². The summed E-state index contributed by atoms with van der Waals surface area (Å²) in [5.41, 5.74) is 9.11. The highest BCUT2D eigenvalue weighted by molar-refractivity contribution is 7.80. The molecule has 1 heterocycles. The number of rotatable bonds is 4. The molecule has 1 aliphatic heterocycles. The number of likely N-dealkylation sites (N-methyl/N-ethyl adjacent to an activating group) is 1. The van der Waals surface area contributed by atoms with Crippen molar-refractivity contribution in [3.05, 3.63) is 29.3 Å². The summed E-state index contributed by atoms with van der Waals surface area (Å²) in [6.45, 7) is 3.87. The molecular weight excluding hydrogens is 256 g/mol. The van der Waals surface area contributed by atoms with Crippen molar-refractivity contribution in [2.75, 3.05) is 25.1 Å². The molecule has 1 aliphatic rings. The normalized spacial score (nSPS) is 19.2. The Kier molecular flexibility index (Phi) is 4.77. The molecule has 0 aromatic heterocycles. The summed E-state index contributed by atoms with van der Waals surface area (Å²) in [7, 11) is 2.09. The number of nitrogens with zero attached hydrogens (tertiary/aromatic N) is 1. The molecule has 1 aromatic rings. The number of hydrogen-bond acceptors (Lipinski definition) is 3. The molecule has 0 radical (unpaired) electrons. The molecule has 1 saturated heterocycles. The van der Waals surface area contributed by atoms with Crippen molar-refractivity contribution in [2.45, 2.75) is 32.3 Å². The highest BCUT2D eigenvalue weighted by atomic mass is 32.1. The average Bonchev–Trinajstić information content (AvgIpc) is 2.39. The number of thiocarbonyl (C=S) groups is 1. The minimum absolute atomic E-state index is 0.317. The lowest BCUT2D eigenvalue weighted by Gasteiger charge is -2.30. The van der Waals surface area contributed by atoms with Gasteiger partial charge in [-0.15, -0.1) is 0 Å². The molecule has 0 bridgehead atoms. The second-order valence-corrected chi connectivity index (χ2v) is 5.64. The van der Waals surface area contributed by atoms with E-state index in [-0.39, 0.29) is 0 Å². The SMILES string of the molecule is Cc1cccc(C(N)=S)c1N(C)CC1CCCCO1. The van der Waals surface area contributed by atoms with Gasteiger partial charge < -0.3 is 15.4 Å². The monoisotopic (exact) mass is 278 g/mol. The lowest BCUT2D eigenvalue weighted by Crippen LogP contribution is -2.34. The zero-order valence-electron chi connectivity index (χ0n) is 11.7. The Morgan fingerprint density at radius 3 is 2.89 bits per heavy atom. The fourth-order valence-corrected chi connectivity index (χ4v) is 2.88. The Morgan fingerprint density at radius 1 is 1.47 bits per heavy atom. The smallest absolute Gasteiger partial charge is 0.106 e. The predicted molar refractivity (Wildman–Crippen MR) is 83.9 cm³/mol. The lowest BCUT2D eigenvalue weighted by atomic mass is 10.0. The molecule has 1 fully saturated rings. The van der Waals surface area contributed by atoms with E-state index in [1.807, 2.05) is 12.1 Å². The fourth-order valence-electron chi connectivity index (χ4n) is 2.71. The van der Waals surface area contributed by atoms with Crippen molar-refractivity contribution in [1.29, 1.82) is 0 Å². The van der Waals surface area contributed by atoms with Gasteiger partial charge in [-0.25, -0.2) is 0 Å². The van der Waals surface area contributed by atoms with Crippen molar-refractivity contribution < 1.29 is 4.74 Å². The Hall–Kier alpha value is -1.13. The molecule has 0 aliphatic carbocycles. The number of para-hydroxylation sites is 1. The first-order valence-corrected chi connectivity index (χ1v) is 7.22. The molecule has 0 spiro atoms. The summed E-state index contributed by atoms with van der Waals surface area (Å²) >= 11 is 5.15. The van der Waals surface area contributed by atoms with Crippen LogP contribution in [0.2, 0.25) is 0 Å². The first kappa shape index (κ1) is 14.3. The summed E-state index contributed by atoms with van der Waals surface area (Å²) in [6, 6.07) is 6.08. The van der Waals surface area contributed by atoms with E-state index in [1.54, 1.807) is 0 Å². The molecule has 1 aromatic carbocycles. The molecule has 2 N–H and O–H groups in total. The summed E-state index contributed by atoms with van der Waals surface area (Å²) in [5, 5.41) is 0. The van der Waals surface area contributed by atoms with E-state index >= 15 is 0 Å². The Labute approximate surface area is 120 Å². The minimum atomic E-state index is 0.317. The maximum absolute atomic E-state index is 5.83. The van der Waals surface area contributed by atoms with E-state index in [2.05, 4.69) is 24.9 Å². The third-order valence-electron chi connectivity index (χ3n) is 3.64. The highest BCUT2D eigenvalue weighted by Crippen LogP contribution is 2.25. The summed E-state index contributed by atoms with van der Waals surface area (Å²) in [6.07, 6.45) is 3.90. The van der Waals surface area contributed by atoms with Crippen LogP contribution in [0.4, 0.5) is 5.69 Å². The van der Waals surface area contributed by atoms with Crippen LogP contribution in [0, 0.1) is 6.92 Å². The quantitative estimate of drug-likeness (QED) is 0.859. The third kappa shape index (κ3) is 3.45. The van der Waals surface area contributed by atoms with Crippen molar-refractivity contribution in [1.82, 2.24) is 0 Å². The van der Waals surface area contributed by atoms with Gasteiger partial charge >= 0.3 is 0 Å². The summed E-state index contributed by atoms with van der Waals surface area (Å²) in [5.74, 6) is 0. The molecule has 1 unspecified atom stereocenters. The Morgan fingerprint density at radius 2 is 2.26 bits per heavy atom. The second-order valence-electron chi connectivity index (χ2n) is 5.20. The number of hydrogen-bond donors (Lipinski definition) is 1. The number of benzene rings is 1. The van der Waals surface area contributed by atoms with Crippen molar-refractivity contribution in [2.24, 2.45) is 5.73 Å². The first-order chi connectivity index (χ1) is 9.09. The standard InChI is InChI=1S/C15H22N2OS/c1-11-6-5-8-13(15(16)19)14(11)17(2)10-12-7-3-4-9-18-12/h5-6,8,12H,3-4,7,9-10H2,1-2H3,(H2,16,19). The molecule has 104 valence electrons. The molecule has 1 atom stereocenters. The van der Waals surface area contributed by atoms with Gasteiger partial charge in [0.1, 0.15) is 4.99 Å². The van der Waals surface area contributed by atoms with Gasteiger partial charge in [0.2, 0.25) is 0 Å². The van der Waals surface area contributed by atoms with Crippen LogP contribution in [0.5, 0.6) is 0 Å². The van der Waals surface area contributed by atoms with Crippen LogP contribution < -0.4 is 10.6 Å².